The highest BCUT2D eigenvalue weighted by molar-refractivity contribution is 6.30. The topological polar surface area (TPSA) is 65.0 Å². The highest BCUT2D eigenvalue weighted by atomic mass is 35.5. The van der Waals surface area contributed by atoms with Gasteiger partial charge < -0.3 is 9.84 Å². The van der Waals surface area contributed by atoms with E-state index in [-0.39, 0.29) is 18.8 Å². The Labute approximate surface area is 167 Å². The van der Waals surface area contributed by atoms with E-state index in [2.05, 4.69) is 0 Å². The Hall–Kier alpha value is -1.47. The summed E-state index contributed by atoms with van der Waals surface area (Å²) in [5, 5.41) is 11.8. The van der Waals surface area contributed by atoms with Crippen molar-refractivity contribution in [3.63, 3.8) is 0 Å². The average molecular weight is 411 g/mol. The van der Waals surface area contributed by atoms with Gasteiger partial charge in [0.2, 0.25) is 0 Å². The van der Waals surface area contributed by atoms with E-state index in [9.17, 15) is 9.90 Å². The van der Waals surface area contributed by atoms with Crippen molar-refractivity contribution in [2.24, 2.45) is 5.92 Å². The largest absolute Gasteiger partial charge is 0.341 e. The highest BCUT2D eigenvalue weighted by Gasteiger charge is 2.56. The summed E-state index contributed by atoms with van der Waals surface area (Å²) in [5.41, 5.74) is 0.299. The number of ether oxygens (including phenoxy) is 1. The van der Waals surface area contributed by atoms with Gasteiger partial charge in [-0.25, -0.2) is 4.89 Å². The van der Waals surface area contributed by atoms with Crippen LogP contribution >= 0.6 is 23.2 Å². The van der Waals surface area contributed by atoms with Crippen LogP contribution in [0.3, 0.4) is 0 Å². The Morgan fingerprint density at radius 2 is 1.56 bits per heavy atom. The second-order valence-electron chi connectivity index (χ2n) is 6.44. The molecule has 2 unspecified atom stereocenters. The fourth-order valence-corrected chi connectivity index (χ4v) is 3.56. The summed E-state index contributed by atoms with van der Waals surface area (Å²) >= 11 is 12.0. The lowest BCUT2D eigenvalue weighted by atomic mass is 9.76. The van der Waals surface area contributed by atoms with Gasteiger partial charge in [0.15, 0.2) is 5.60 Å². The molecule has 0 amide bonds. The molecule has 27 heavy (non-hydrogen) atoms. The minimum absolute atomic E-state index is 0.113. The predicted molar refractivity (Wildman–Crippen MR) is 101 cm³/mol. The van der Waals surface area contributed by atoms with E-state index < -0.39 is 17.5 Å². The van der Waals surface area contributed by atoms with Gasteiger partial charge in [0, 0.05) is 23.1 Å². The molecular formula is C20H20Cl2O5. The second kappa shape index (κ2) is 7.87. The molecule has 2 aromatic rings. The third kappa shape index (κ3) is 3.90. The Bertz CT molecular complexity index is 761. The first kappa shape index (κ1) is 20.3. The first-order valence-electron chi connectivity index (χ1n) is 8.56. The molecule has 2 atom stereocenters. The molecule has 0 aliphatic carbocycles. The third-order valence-electron chi connectivity index (χ3n) is 4.70. The summed E-state index contributed by atoms with van der Waals surface area (Å²) in [4.78, 5) is 23.4. The normalized spacial score (nSPS) is 24.6. The summed E-state index contributed by atoms with van der Waals surface area (Å²) < 4.78 is 5.29. The van der Waals surface area contributed by atoms with Crippen molar-refractivity contribution >= 4 is 29.0 Å². The molecule has 0 radical (unpaired) electrons. The monoisotopic (exact) mass is 410 g/mol. The van der Waals surface area contributed by atoms with E-state index in [1.807, 2.05) is 0 Å². The van der Waals surface area contributed by atoms with Crippen LogP contribution in [0.15, 0.2) is 48.5 Å². The standard InChI is InChI=1S/C20H20Cl2O5/c1-3-25-20(24)18(13(2)23)12-19(26-27-20,14-4-8-16(21)9-5-14)15-6-10-17(22)11-7-15/h4-11,18,24H,3,12H2,1-2H3. The van der Waals surface area contributed by atoms with Gasteiger partial charge in [0.25, 0.3) is 0 Å². The lowest BCUT2D eigenvalue weighted by Crippen LogP contribution is -2.56. The van der Waals surface area contributed by atoms with Crippen LogP contribution in [0.1, 0.15) is 31.4 Å². The van der Waals surface area contributed by atoms with Gasteiger partial charge >= 0.3 is 5.97 Å². The van der Waals surface area contributed by atoms with Crippen LogP contribution in [0, 0.1) is 5.92 Å². The number of hydrogen-bond donors (Lipinski definition) is 1. The minimum Gasteiger partial charge on any atom is -0.341 e. The van der Waals surface area contributed by atoms with Crippen molar-refractivity contribution in [2.45, 2.75) is 31.8 Å². The Morgan fingerprint density at radius 3 is 1.96 bits per heavy atom. The first-order chi connectivity index (χ1) is 12.8. The number of ketones is 1. The molecule has 144 valence electrons. The first-order valence-corrected chi connectivity index (χ1v) is 9.32. The Morgan fingerprint density at radius 1 is 1.07 bits per heavy atom. The number of halogens is 2. The minimum atomic E-state index is -2.15. The zero-order valence-corrected chi connectivity index (χ0v) is 16.5. The lowest BCUT2D eigenvalue weighted by molar-refractivity contribution is -0.555. The predicted octanol–water partition coefficient (Wildman–Crippen LogP) is 4.48. The molecule has 0 bridgehead atoms. The van der Waals surface area contributed by atoms with Gasteiger partial charge in [-0.3, -0.25) is 4.79 Å². The maximum absolute atomic E-state index is 12.3. The smallest absolute Gasteiger partial charge is 0.319 e. The van der Waals surface area contributed by atoms with E-state index in [4.69, 9.17) is 37.7 Å². The number of Topliss-reactive ketones (excluding diaryl/α,β-unsaturated/α-hetero) is 1. The van der Waals surface area contributed by atoms with Gasteiger partial charge in [-0.1, -0.05) is 47.5 Å². The maximum Gasteiger partial charge on any atom is 0.319 e. The number of hydrogen-bond acceptors (Lipinski definition) is 5. The van der Waals surface area contributed by atoms with Crippen LogP contribution in [0.25, 0.3) is 0 Å². The zero-order valence-electron chi connectivity index (χ0n) is 14.9. The van der Waals surface area contributed by atoms with Gasteiger partial charge in [-0.05, 0) is 49.2 Å². The van der Waals surface area contributed by atoms with E-state index in [0.29, 0.717) is 10.0 Å². The van der Waals surface area contributed by atoms with Crippen molar-refractivity contribution in [3.8, 4) is 0 Å². The number of aliphatic hydroxyl groups is 1. The molecule has 0 saturated carbocycles. The molecular weight excluding hydrogens is 391 g/mol. The van der Waals surface area contributed by atoms with Gasteiger partial charge in [0.1, 0.15) is 11.7 Å². The molecule has 0 spiro atoms. The van der Waals surface area contributed by atoms with Crippen LogP contribution in [-0.4, -0.2) is 23.5 Å². The van der Waals surface area contributed by atoms with Crippen LogP contribution in [0.4, 0.5) is 0 Å². The molecule has 1 aliphatic rings. The Balaban J connectivity index is 2.12. The number of benzene rings is 2. The summed E-state index contributed by atoms with van der Waals surface area (Å²) in [6.07, 6.45) is 0.113. The molecule has 3 rings (SSSR count). The molecule has 1 saturated heterocycles. The molecule has 7 heteroatoms. The molecule has 1 aliphatic heterocycles. The molecule has 2 aromatic carbocycles. The average Bonchev–Trinajstić information content (AvgIpc) is 2.64. The number of rotatable bonds is 5. The molecule has 1 N–H and O–H groups in total. The van der Waals surface area contributed by atoms with Crippen molar-refractivity contribution in [1.82, 2.24) is 0 Å². The van der Waals surface area contributed by atoms with E-state index in [1.54, 1.807) is 55.5 Å². The highest BCUT2D eigenvalue weighted by Crippen LogP contribution is 2.48. The van der Waals surface area contributed by atoms with E-state index in [1.165, 1.54) is 6.92 Å². The van der Waals surface area contributed by atoms with Crippen LogP contribution in [0.2, 0.25) is 10.0 Å². The lowest BCUT2D eigenvalue weighted by Gasteiger charge is -2.46. The van der Waals surface area contributed by atoms with Gasteiger partial charge in [0.05, 0.1) is 0 Å². The van der Waals surface area contributed by atoms with Crippen LogP contribution in [-0.2, 0) is 24.9 Å². The SMILES string of the molecule is CCOC1(O)OOC(c2ccc(Cl)cc2)(c2ccc(Cl)cc2)CC1C(C)=O. The second-order valence-corrected chi connectivity index (χ2v) is 7.31. The van der Waals surface area contributed by atoms with Crippen molar-refractivity contribution in [2.75, 3.05) is 6.61 Å². The van der Waals surface area contributed by atoms with Crippen LogP contribution < -0.4 is 0 Å². The summed E-state index contributed by atoms with van der Waals surface area (Å²) in [5.74, 6) is -3.39. The van der Waals surface area contributed by atoms with E-state index in [0.717, 1.165) is 11.1 Å². The number of carbonyl (C=O) groups excluding carboxylic acids is 1. The van der Waals surface area contributed by atoms with E-state index >= 15 is 0 Å². The zero-order chi connectivity index (χ0) is 19.7. The maximum atomic E-state index is 12.3. The van der Waals surface area contributed by atoms with Crippen LogP contribution in [0.5, 0.6) is 0 Å². The molecule has 1 heterocycles. The Kier molecular flexibility index (Phi) is 5.91. The summed E-state index contributed by atoms with van der Waals surface area (Å²) in [6.45, 7) is 3.23. The summed E-state index contributed by atoms with van der Waals surface area (Å²) in [6, 6.07) is 14.1. The quantitative estimate of drug-likeness (QED) is 0.581. The molecule has 5 nitrogen and oxygen atoms in total. The van der Waals surface area contributed by atoms with Gasteiger partial charge in [-0.15, -0.1) is 0 Å². The number of carbonyl (C=O) groups is 1. The fourth-order valence-electron chi connectivity index (χ4n) is 3.31. The molecule has 1 fully saturated rings. The summed E-state index contributed by atoms with van der Waals surface area (Å²) in [7, 11) is 0. The van der Waals surface area contributed by atoms with Crippen molar-refractivity contribution in [1.29, 1.82) is 0 Å². The molecule has 0 aromatic heterocycles. The fraction of sp³-hybridized carbons (Fsp3) is 0.350. The van der Waals surface area contributed by atoms with Crippen molar-refractivity contribution in [3.05, 3.63) is 69.7 Å². The van der Waals surface area contributed by atoms with Crippen molar-refractivity contribution < 1.29 is 24.4 Å². The van der Waals surface area contributed by atoms with Gasteiger partial charge in [-0.2, -0.15) is 4.89 Å². The third-order valence-corrected chi connectivity index (χ3v) is 5.20.